The van der Waals surface area contributed by atoms with Crippen LogP contribution in [0.15, 0.2) is 0 Å². The molecule has 2 fully saturated rings. The molecule has 2 aliphatic rings. The second-order valence-corrected chi connectivity index (χ2v) is 5.69. The van der Waals surface area contributed by atoms with Crippen LogP contribution in [0.4, 0.5) is 0 Å². The van der Waals surface area contributed by atoms with Gasteiger partial charge in [0.15, 0.2) is 0 Å². The van der Waals surface area contributed by atoms with E-state index >= 15 is 0 Å². The van der Waals surface area contributed by atoms with Crippen molar-refractivity contribution in [3.63, 3.8) is 0 Å². The second kappa shape index (κ2) is 4.84. The lowest BCUT2D eigenvalue weighted by molar-refractivity contribution is 0.140. The van der Waals surface area contributed by atoms with Gasteiger partial charge in [-0.2, -0.15) is 0 Å². The second-order valence-electron chi connectivity index (χ2n) is 5.69. The van der Waals surface area contributed by atoms with Gasteiger partial charge >= 0.3 is 0 Å². The summed E-state index contributed by atoms with van der Waals surface area (Å²) in [7, 11) is 0. The van der Waals surface area contributed by atoms with Gasteiger partial charge < -0.3 is 5.32 Å². The molecule has 0 aromatic rings. The summed E-state index contributed by atoms with van der Waals surface area (Å²) in [5.74, 6) is 0. The van der Waals surface area contributed by atoms with E-state index in [0.29, 0.717) is 11.6 Å². The van der Waals surface area contributed by atoms with Gasteiger partial charge in [-0.15, -0.1) is 0 Å². The van der Waals surface area contributed by atoms with Gasteiger partial charge in [0.05, 0.1) is 0 Å². The van der Waals surface area contributed by atoms with E-state index in [1.165, 1.54) is 58.2 Å². The maximum atomic E-state index is 3.84. The maximum Gasteiger partial charge on any atom is 0.0308 e. The monoisotopic (exact) mass is 210 g/mol. The van der Waals surface area contributed by atoms with Crippen LogP contribution < -0.4 is 5.32 Å². The smallest absolute Gasteiger partial charge is 0.0308 e. The fourth-order valence-electron chi connectivity index (χ4n) is 3.16. The van der Waals surface area contributed by atoms with Crippen LogP contribution in [0.25, 0.3) is 0 Å². The van der Waals surface area contributed by atoms with Gasteiger partial charge in [0.25, 0.3) is 0 Å². The predicted molar refractivity (Wildman–Crippen MR) is 65.1 cm³/mol. The molecule has 2 heteroatoms. The van der Waals surface area contributed by atoms with Crippen LogP contribution in [0.3, 0.4) is 0 Å². The lowest BCUT2D eigenvalue weighted by atomic mass is 9.81. The van der Waals surface area contributed by atoms with Crippen LogP contribution in [0.5, 0.6) is 0 Å². The molecule has 1 aliphatic carbocycles. The summed E-state index contributed by atoms with van der Waals surface area (Å²) >= 11 is 0. The molecular weight excluding hydrogens is 184 g/mol. The van der Waals surface area contributed by atoms with E-state index in [0.717, 1.165) is 0 Å². The lowest BCUT2D eigenvalue weighted by Crippen LogP contribution is -2.53. The average molecular weight is 210 g/mol. The standard InChI is InChI=1S/C13H26N2/c1-12(2)15-10-6-9-14-13(11-15)7-4-3-5-8-13/h12,14H,3-11H2,1-2H3. The Hall–Kier alpha value is -0.0800. The van der Waals surface area contributed by atoms with Gasteiger partial charge in [-0.05, 0) is 46.2 Å². The van der Waals surface area contributed by atoms with Crippen molar-refractivity contribution in [1.82, 2.24) is 10.2 Å². The molecule has 0 atom stereocenters. The molecule has 0 aromatic heterocycles. The van der Waals surface area contributed by atoms with Crippen LogP contribution in [-0.2, 0) is 0 Å². The third kappa shape index (κ3) is 2.73. The largest absolute Gasteiger partial charge is 0.310 e. The van der Waals surface area contributed by atoms with Crippen molar-refractivity contribution in [3.05, 3.63) is 0 Å². The van der Waals surface area contributed by atoms with Gasteiger partial charge in [0.2, 0.25) is 0 Å². The highest BCUT2D eigenvalue weighted by molar-refractivity contribution is 4.95. The Kier molecular flexibility index (Phi) is 3.68. The lowest BCUT2D eigenvalue weighted by Gasteiger charge is -2.41. The molecule has 1 saturated carbocycles. The zero-order valence-electron chi connectivity index (χ0n) is 10.4. The minimum Gasteiger partial charge on any atom is -0.310 e. The normalized spacial score (nSPS) is 28.2. The van der Waals surface area contributed by atoms with E-state index in [2.05, 4.69) is 24.1 Å². The van der Waals surface area contributed by atoms with E-state index in [-0.39, 0.29) is 0 Å². The molecule has 1 heterocycles. The van der Waals surface area contributed by atoms with E-state index < -0.39 is 0 Å². The fourth-order valence-corrected chi connectivity index (χ4v) is 3.16. The van der Waals surface area contributed by atoms with Crippen LogP contribution >= 0.6 is 0 Å². The molecule has 2 rings (SSSR count). The van der Waals surface area contributed by atoms with Crippen molar-refractivity contribution >= 4 is 0 Å². The number of nitrogens with zero attached hydrogens (tertiary/aromatic N) is 1. The molecule has 88 valence electrons. The van der Waals surface area contributed by atoms with Crippen LogP contribution in [0, 0.1) is 0 Å². The van der Waals surface area contributed by atoms with Crippen LogP contribution in [0.1, 0.15) is 52.4 Å². The molecule has 0 radical (unpaired) electrons. The first-order valence-corrected chi connectivity index (χ1v) is 6.71. The molecule has 15 heavy (non-hydrogen) atoms. The van der Waals surface area contributed by atoms with Crippen molar-refractivity contribution in [2.45, 2.75) is 64.0 Å². The Bertz CT molecular complexity index is 195. The Balaban J connectivity index is 2.02. The van der Waals surface area contributed by atoms with Crippen molar-refractivity contribution < 1.29 is 0 Å². The zero-order chi connectivity index (χ0) is 10.7. The summed E-state index contributed by atoms with van der Waals surface area (Å²) in [6.07, 6.45) is 8.43. The number of rotatable bonds is 1. The SMILES string of the molecule is CC(C)N1CCCNC2(CCCCC2)C1. The van der Waals surface area contributed by atoms with Gasteiger partial charge in [-0.25, -0.2) is 0 Å². The number of hydrogen-bond acceptors (Lipinski definition) is 2. The van der Waals surface area contributed by atoms with Gasteiger partial charge in [-0.1, -0.05) is 19.3 Å². The van der Waals surface area contributed by atoms with Gasteiger partial charge in [0, 0.05) is 18.1 Å². The first-order valence-electron chi connectivity index (χ1n) is 6.71. The minimum atomic E-state index is 0.471. The summed E-state index contributed by atoms with van der Waals surface area (Å²) in [5, 5.41) is 3.84. The first-order chi connectivity index (χ1) is 7.22. The van der Waals surface area contributed by atoms with Crippen LogP contribution in [0.2, 0.25) is 0 Å². The fraction of sp³-hybridized carbons (Fsp3) is 1.00. The summed E-state index contributed by atoms with van der Waals surface area (Å²) in [5.41, 5.74) is 0.471. The van der Waals surface area contributed by atoms with E-state index in [4.69, 9.17) is 0 Å². The molecule has 1 saturated heterocycles. The molecule has 0 amide bonds. The molecule has 0 unspecified atom stereocenters. The summed E-state index contributed by atoms with van der Waals surface area (Å²) in [6, 6.07) is 0.712. The molecule has 1 N–H and O–H groups in total. The molecular formula is C13H26N2. The summed E-state index contributed by atoms with van der Waals surface area (Å²) in [4.78, 5) is 2.67. The Morgan fingerprint density at radius 1 is 1.07 bits per heavy atom. The first kappa shape index (κ1) is 11.4. The quantitative estimate of drug-likeness (QED) is 0.715. The maximum absolute atomic E-state index is 3.84. The molecule has 0 aromatic carbocycles. The Labute approximate surface area is 94.4 Å². The summed E-state index contributed by atoms with van der Waals surface area (Å²) < 4.78 is 0. The zero-order valence-corrected chi connectivity index (χ0v) is 10.4. The van der Waals surface area contributed by atoms with E-state index in [1.807, 2.05) is 0 Å². The van der Waals surface area contributed by atoms with Crippen molar-refractivity contribution in [3.8, 4) is 0 Å². The Morgan fingerprint density at radius 2 is 1.80 bits per heavy atom. The molecule has 0 bridgehead atoms. The Morgan fingerprint density at radius 3 is 2.47 bits per heavy atom. The van der Waals surface area contributed by atoms with Crippen molar-refractivity contribution in [2.75, 3.05) is 19.6 Å². The minimum absolute atomic E-state index is 0.471. The third-order valence-corrected chi connectivity index (χ3v) is 4.17. The van der Waals surface area contributed by atoms with Crippen molar-refractivity contribution in [2.24, 2.45) is 0 Å². The van der Waals surface area contributed by atoms with Crippen LogP contribution in [-0.4, -0.2) is 36.1 Å². The highest BCUT2D eigenvalue weighted by atomic mass is 15.2. The highest BCUT2D eigenvalue weighted by Crippen LogP contribution is 2.30. The predicted octanol–water partition coefficient (Wildman–Crippen LogP) is 2.39. The number of nitrogens with one attached hydrogen (secondary N) is 1. The molecule has 2 nitrogen and oxygen atoms in total. The van der Waals surface area contributed by atoms with E-state index in [1.54, 1.807) is 0 Å². The average Bonchev–Trinajstić information content (AvgIpc) is 2.43. The summed E-state index contributed by atoms with van der Waals surface area (Å²) in [6.45, 7) is 8.46. The van der Waals surface area contributed by atoms with Gasteiger partial charge in [-0.3, -0.25) is 4.90 Å². The topological polar surface area (TPSA) is 15.3 Å². The third-order valence-electron chi connectivity index (χ3n) is 4.17. The molecule has 1 spiro atoms. The van der Waals surface area contributed by atoms with Gasteiger partial charge in [0.1, 0.15) is 0 Å². The van der Waals surface area contributed by atoms with Crippen molar-refractivity contribution in [1.29, 1.82) is 0 Å². The van der Waals surface area contributed by atoms with E-state index in [9.17, 15) is 0 Å². The molecule has 1 aliphatic heterocycles. The highest BCUT2D eigenvalue weighted by Gasteiger charge is 2.35. The number of hydrogen-bond donors (Lipinski definition) is 1.